The van der Waals surface area contributed by atoms with Gasteiger partial charge in [-0.2, -0.15) is 0 Å². The van der Waals surface area contributed by atoms with Crippen molar-refractivity contribution in [2.45, 2.75) is 56.8 Å². The fourth-order valence-corrected chi connectivity index (χ4v) is 10.1. The third kappa shape index (κ3) is 1.51. The number of amides is 1. The molecule has 1 unspecified atom stereocenters. The van der Waals surface area contributed by atoms with E-state index in [4.69, 9.17) is 5.73 Å². The first-order valence-electron chi connectivity index (χ1n) is 10.9. The minimum Gasteiger partial charge on any atom is -0.392 e. The molecule has 1 aliphatic heterocycles. The average Bonchev–Trinajstić information content (AvgIpc) is 3.16. The van der Waals surface area contributed by atoms with Gasteiger partial charge in [0.25, 0.3) is 0 Å². The lowest BCUT2D eigenvalue weighted by molar-refractivity contribution is -0.213. The topological polar surface area (TPSA) is 86.8 Å². The maximum absolute atomic E-state index is 12.4. The van der Waals surface area contributed by atoms with Gasteiger partial charge in [0.1, 0.15) is 0 Å². The average molecular weight is 373 g/mol. The summed E-state index contributed by atoms with van der Waals surface area (Å²) < 4.78 is 0. The van der Waals surface area contributed by atoms with Crippen molar-refractivity contribution in [1.82, 2.24) is 4.90 Å². The van der Waals surface area contributed by atoms with Crippen LogP contribution >= 0.6 is 0 Å². The highest BCUT2D eigenvalue weighted by Gasteiger charge is 2.84. The molecule has 1 heterocycles. The predicted octanol–water partition coefficient (Wildman–Crippen LogP) is 1.14. The van der Waals surface area contributed by atoms with Crippen molar-refractivity contribution < 1.29 is 15.0 Å². The zero-order chi connectivity index (χ0) is 18.9. The largest absolute Gasteiger partial charge is 0.392 e. The third-order valence-electron chi connectivity index (χ3n) is 10.5. The van der Waals surface area contributed by atoms with Crippen LogP contribution in [-0.4, -0.2) is 51.9 Å². The molecule has 0 aromatic rings. The third-order valence-corrected chi connectivity index (χ3v) is 10.5. The lowest BCUT2D eigenvalue weighted by Crippen LogP contribution is -2.70. The maximum Gasteiger partial charge on any atom is 0.221 e. The van der Waals surface area contributed by atoms with E-state index >= 15 is 0 Å². The number of likely N-dealkylation sites (tertiary alicyclic amines) is 1. The molecule has 6 aliphatic rings. The van der Waals surface area contributed by atoms with Gasteiger partial charge in [0.15, 0.2) is 0 Å². The SMILES string of the molecule is C=C[C@@]12C[C@H](O)[C@]34C([C@H](C[C@H]13)[C@@]1(O)CC[C@H]3C[C@@H]4[C@@H]1[C@H]3C(N)=O)N(CC)C2. The van der Waals surface area contributed by atoms with Crippen LogP contribution in [-0.2, 0) is 4.79 Å². The maximum atomic E-state index is 12.4. The molecule has 1 saturated heterocycles. The number of hydrogen-bond acceptors (Lipinski definition) is 4. The minimum atomic E-state index is -0.804. The van der Waals surface area contributed by atoms with Crippen molar-refractivity contribution in [3.05, 3.63) is 12.7 Å². The predicted molar refractivity (Wildman–Crippen MR) is 100 cm³/mol. The molecule has 5 aliphatic carbocycles. The zero-order valence-corrected chi connectivity index (χ0v) is 16.2. The Bertz CT molecular complexity index is 741. The van der Waals surface area contributed by atoms with E-state index in [1.54, 1.807) is 0 Å². The van der Waals surface area contributed by atoms with Crippen molar-refractivity contribution >= 4 is 5.91 Å². The quantitative estimate of drug-likeness (QED) is 0.649. The Morgan fingerprint density at radius 3 is 2.81 bits per heavy atom. The lowest BCUT2D eigenvalue weighted by atomic mass is 9.49. The minimum absolute atomic E-state index is 0.0595. The van der Waals surface area contributed by atoms with E-state index in [9.17, 15) is 15.0 Å². The monoisotopic (exact) mass is 372 g/mol. The van der Waals surface area contributed by atoms with Crippen LogP contribution in [0.25, 0.3) is 0 Å². The van der Waals surface area contributed by atoms with E-state index in [1.807, 2.05) is 0 Å². The molecular weight excluding hydrogens is 340 g/mol. The number of aliphatic hydroxyl groups excluding tert-OH is 1. The van der Waals surface area contributed by atoms with Crippen molar-refractivity contribution in [3.63, 3.8) is 0 Å². The van der Waals surface area contributed by atoms with Gasteiger partial charge in [-0.3, -0.25) is 9.69 Å². The van der Waals surface area contributed by atoms with E-state index < -0.39 is 5.60 Å². The van der Waals surface area contributed by atoms with Gasteiger partial charge < -0.3 is 15.9 Å². The van der Waals surface area contributed by atoms with E-state index in [2.05, 4.69) is 24.5 Å². The van der Waals surface area contributed by atoms with E-state index in [0.717, 1.165) is 45.2 Å². The van der Waals surface area contributed by atoms with Crippen LogP contribution in [0.3, 0.4) is 0 Å². The van der Waals surface area contributed by atoms with Gasteiger partial charge >= 0.3 is 0 Å². The molecule has 5 saturated carbocycles. The molecule has 7 bridgehead atoms. The van der Waals surface area contributed by atoms with E-state index in [-0.39, 0.29) is 58.5 Å². The summed E-state index contributed by atoms with van der Waals surface area (Å²) in [6, 6.07) is 0.231. The molecular formula is C22H32N2O3. The molecule has 1 amide bonds. The van der Waals surface area contributed by atoms with E-state index in [1.165, 1.54) is 0 Å². The Balaban J connectivity index is 1.61. The Kier molecular flexibility index (Phi) is 3.02. The van der Waals surface area contributed by atoms with Crippen molar-refractivity contribution in [3.8, 4) is 0 Å². The van der Waals surface area contributed by atoms with Crippen molar-refractivity contribution in [2.75, 3.05) is 13.1 Å². The van der Waals surface area contributed by atoms with Gasteiger partial charge in [0, 0.05) is 41.2 Å². The van der Waals surface area contributed by atoms with Crippen LogP contribution in [0.1, 0.15) is 39.0 Å². The molecule has 11 atom stereocenters. The van der Waals surface area contributed by atoms with Crippen LogP contribution in [0.15, 0.2) is 12.7 Å². The summed E-state index contributed by atoms with van der Waals surface area (Å²) in [5.74, 6) is 0.493. The lowest BCUT2D eigenvalue weighted by Gasteiger charge is -2.62. The zero-order valence-electron chi connectivity index (χ0n) is 16.2. The molecule has 0 aromatic heterocycles. The van der Waals surface area contributed by atoms with Gasteiger partial charge in [-0.1, -0.05) is 13.0 Å². The first-order valence-corrected chi connectivity index (χ1v) is 10.9. The first kappa shape index (κ1) is 17.0. The highest BCUT2D eigenvalue weighted by atomic mass is 16.3. The fourth-order valence-electron chi connectivity index (χ4n) is 10.1. The van der Waals surface area contributed by atoms with E-state index in [0.29, 0.717) is 5.92 Å². The summed E-state index contributed by atoms with van der Waals surface area (Å²) >= 11 is 0. The summed E-state index contributed by atoms with van der Waals surface area (Å²) in [7, 11) is 0. The number of hydrogen-bond donors (Lipinski definition) is 3. The summed E-state index contributed by atoms with van der Waals surface area (Å²) in [5.41, 5.74) is 4.81. The number of carbonyl (C=O) groups excluding carboxylic acids is 1. The molecule has 6 rings (SSSR count). The fraction of sp³-hybridized carbons (Fsp3) is 0.864. The number of primary amides is 1. The first-order chi connectivity index (χ1) is 12.8. The molecule has 1 spiro atoms. The van der Waals surface area contributed by atoms with Crippen molar-refractivity contribution in [2.24, 2.45) is 52.1 Å². The number of carbonyl (C=O) groups is 1. The van der Waals surface area contributed by atoms with Crippen LogP contribution < -0.4 is 5.73 Å². The Hall–Kier alpha value is -0.910. The highest BCUT2D eigenvalue weighted by Crippen LogP contribution is 2.81. The van der Waals surface area contributed by atoms with Gasteiger partial charge in [-0.05, 0) is 56.4 Å². The number of nitrogens with two attached hydrogens (primary N) is 1. The molecule has 148 valence electrons. The molecule has 4 N–H and O–H groups in total. The number of rotatable bonds is 3. The normalized spacial score (nSPS) is 62.6. The number of piperidine rings is 1. The summed E-state index contributed by atoms with van der Waals surface area (Å²) in [5, 5.41) is 23.6. The van der Waals surface area contributed by atoms with Gasteiger partial charge in [0.2, 0.25) is 5.91 Å². The highest BCUT2D eigenvalue weighted by molar-refractivity contribution is 5.78. The van der Waals surface area contributed by atoms with Gasteiger partial charge in [0.05, 0.1) is 11.7 Å². The number of fused-ring (bicyclic) bond motifs is 2. The van der Waals surface area contributed by atoms with Gasteiger partial charge in [-0.25, -0.2) is 0 Å². The molecule has 5 heteroatoms. The van der Waals surface area contributed by atoms with Crippen LogP contribution in [0.4, 0.5) is 0 Å². The second-order valence-electron chi connectivity index (χ2n) is 10.6. The Morgan fingerprint density at radius 1 is 1.37 bits per heavy atom. The smallest absolute Gasteiger partial charge is 0.221 e. The molecule has 27 heavy (non-hydrogen) atoms. The summed E-state index contributed by atoms with van der Waals surface area (Å²) in [4.78, 5) is 15.0. The second kappa shape index (κ2) is 4.80. The Labute approximate surface area is 161 Å². The summed E-state index contributed by atoms with van der Waals surface area (Å²) in [6.45, 7) is 8.30. The van der Waals surface area contributed by atoms with Crippen LogP contribution in [0.2, 0.25) is 0 Å². The van der Waals surface area contributed by atoms with Crippen molar-refractivity contribution in [1.29, 1.82) is 0 Å². The number of nitrogens with zero attached hydrogens (tertiary/aromatic N) is 1. The van der Waals surface area contributed by atoms with Gasteiger partial charge in [-0.15, -0.1) is 6.58 Å². The Morgan fingerprint density at radius 2 is 2.15 bits per heavy atom. The number of aliphatic hydroxyl groups is 2. The molecule has 0 aromatic carbocycles. The van der Waals surface area contributed by atoms with Crippen LogP contribution in [0, 0.1) is 46.3 Å². The molecule has 0 radical (unpaired) electrons. The molecule has 6 fully saturated rings. The standard InChI is InChI=1S/C22H32N2O3/c1-3-20-9-15(25)22-12-7-11-5-6-21(27,17(12)16(11)19(23)26)13(8-14(20)22)18(22)24(4-2)10-20/h3,11-18,25,27H,1,4-10H2,2H3,(H2,23,26)/t11-,12+,13-,14+,15-,16-,17+,18?,20-,21-,22+/m0/s1. The second-order valence-corrected chi connectivity index (χ2v) is 10.6. The van der Waals surface area contributed by atoms with Crippen LogP contribution in [0.5, 0.6) is 0 Å². The molecule has 5 nitrogen and oxygen atoms in total. The summed E-state index contributed by atoms with van der Waals surface area (Å²) in [6.07, 6.45) is 6.14.